The van der Waals surface area contributed by atoms with Crippen LogP contribution in [0.3, 0.4) is 0 Å². The lowest BCUT2D eigenvalue weighted by Gasteiger charge is -2.09. The summed E-state index contributed by atoms with van der Waals surface area (Å²) in [6.45, 7) is 0.494. The fraction of sp³-hybridized carbons (Fsp3) is 0.0500. The molecular weight excluding hydrogens is 357 g/mol. The molecule has 0 atom stereocenters. The van der Waals surface area contributed by atoms with Gasteiger partial charge in [0.15, 0.2) is 0 Å². The molecule has 0 unspecified atom stereocenters. The molecule has 3 aromatic rings. The van der Waals surface area contributed by atoms with Gasteiger partial charge < -0.3 is 10.1 Å². The quantitative estimate of drug-likeness (QED) is 0.612. The predicted octanol–water partition coefficient (Wildman–Crippen LogP) is 5.82. The largest absolute Gasteiger partial charge is 0.489 e. The van der Waals surface area contributed by atoms with E-state index in [0.29, 0.717) is 27.9 Å². The minimum atomic E-state index is -0.276. The van der Waals surface area contributed by atoms with Crippen molar-refractivity contribution in [2.45, 2.75) is 6.61 Å². The number of anilines is 1. The van der Waals surface area contributed by atoms with Gasteiger partial charge in [0.1, 0.15) is 12.4 Å². The van der Waals surface area contributed by atoms with E-state index < -0.39 is 0 Å². The molecule has 0 saturated carbocycles. The van der Waals surface area contributed by atoms with E-state index in [4.69, 9.17) is 27.9 Å². The van der Waals surface area contributed by atoms with Crippen LogP contribution < -0.4 is 10.1 Å². The van der Waals surface area contributed by atoms with Crippen molar-refractivity contribution < 1.29 is 9.53 Å². The van der Waals surface area contributed by atoms with Gasteiger partial charge in [0.2, 0.25) is 0 Å². The topological polar surface area (TPSA) is 38.3 Å². The summed E-state index contributed by atoms with van der Waals surface area (Å²) in [6.07, 6.45) is 0. The highest BCUT2D eigenvalue weighted by Gasteiger charge is 2.08. The second kappa shape index (κ2) is 8.06. The van der Waals surface area contributed by atoms with Crippen LogP contribution in [0, 0.1) is 0 Å². The summed E-state index contributed by atoms with van der Waals surface area (Å²) in [5, 5.41) is 3.64. The molecule has 0 aliphatic carbocycles. The maximum atomic E-state index is 12.3. The first kappa shape index (κ1) is 17.3. The van der Waals surface area contributed by atoms with Gasteiger partial charge >= 0.3 is 0 Å². The highest BCUT2D eigenvalue weighted by atomic mass is 35.5. The lowest BCUT2D eigenvalue weighted by molar-refractivity contribution is 0.102. The summed E-state index contributed by atoms with van der Waals surface area (Å²) in [5.41, 5.74) is 2.16. The first-order chi connectivity index (χ1) is 12.1. The Hall–Kier alpha value is -2.49. The molecule has 1 N–H and O–H groups in total. The molecule has 0 aromatic heterocycles. The molecule has 3 nitrogen and oxygen atoms in total. The minimum Gasteiger partial charge on any atom is -0.489 e. The van der Waals surface area contributed by atoms with Crippen LogP contribution in [0.25, 0.3) is 0 Å². The van der Waals surface area contributed by atoms with E-state index in [1.165, 1.54) is 0 Å². The SMILES string of the molecule is O=C(Nc1ccc(OCc2ccccc2)cc1)c1cc(Cl)cc(Cl)c1. The fourth-order valence-corrected chi connectivity index (χ4v) is 2.79. The van der Waals surface area contributed by atoms with E-state index in [1.807, 2.05) is 42.5 Å². The number of rotatable bonds is 5. The average Bonchev–Trinajstić information content (AvgIpc) is 2.61. The summed E-state index contributed by atoms with van der Waals surface area (Å²) in [7, 11) is 0. The number of ether oxygens (including phenoxy) is 1. The van der Waals surface area contributed by atoms with E-state index in [9.17, 15) is 4.79 Å². The maximum Gasteiger partial charge on any atom is 0.255 e. The standard InChI is InChI=1S/C20H15Cl2NO2/c21-16-10-15(11-17(22)12-16)20(24)23-18-6-8-19(9-7-18)25-13-14-4-2-1-3-5-14/h1-12H,13H2,(H,23,24). The van der Waals surface area contributed by atoms with Crippen LogP contribution in [0.2, 0.25) is 10.0 Å². The Morgan fingerprint density at radius 1 is 0.880 bits per heavy atom. The molecule has 0 saturated heterocycles. The zero-order valence-corrected chi connectivity index (χ0v) is 14.7. The highest BCUT2D eigenvalue weighted by Crippen LogP contribution is 2.21. The molecule has 3 aromatic carbocycles. The number of carbonyl (C=O) groups is 1. The molecule has 0 spiro atoms. The summed E-state index contributed by atoms with van der Waals surface area (Å²) in [5.74, 6) is 0.454. The second-order valence-electron chi connectivity index (χ2n) is 5.41. The molecule has 0 aliphatic rings. The van der Waals surface area contributed by atoms with Crippen LogP contribution in [-0.2, 0) is 6.61 Å². The molecule has 126 valence electrons. The van der Waals surface area contributed by atoms with Crippen LogP contribution in [0.4, 0.5) is 5.69 Å². The van der Waals surface area contributed by atoms with E-state index >= 15 is 0 Å². The maximum absolute atomic E-state index is 12.3. The third kappa shape index (κ3) is 4.99. The van der Waals surface area contributed by atoms with Crippen molar-refractivity contribution in [3.05, 3.63) is 94.0 Å². The molecule has 25 heavy (non-hydrogen) atoms. The third-order valence-electron chi connectivity index (χ3n) is 3.49. The number of hydrogen-bond acceptors (Lipinski definition) is 2. The van der Waals surface area contributed by atoms with Gasteiger partial charge in [0.05, 0.1) is 0 Å². The zero-order valence-electron chi connectivity index (χ0n) is 13.2. The van der Waals surface area contributed by atoms with E-state index in [0.717, 1.165) is 11.3 Å². The van der Waals surface area contributed by atoms with Crippen molar-refractivity contribution in [2.75, 3.05) is 5.32 Å². The van der Waals surface area contributed by atoms with Gasteiger partial charge in [-0.2, -0.15) is 0 Å². The van der Waals surface area contributed by atoms with Crippen molar-refractivity contribution in [3.63, 3.8) is 0 Å². The Balaban J connectivity index is 1.61. The Bertz CT molecular complexity index is 844. The molecule has 0 heterocycles. The van der Waals surface area contributed by atoms with Gasteiger partial charge in [-0.15, -0.1) is 0 Å². The monoisotopic (exact) mass is 371 g/mol. The van der Waals surface area contributed by atoms with Gasteiger partial charge in [-0.05, 0) is 48.0 Å². The lowest BCUT2D eigenvalue weighted by atomic mass is 10.2. The molecule has 0 radical (unpaired) electrons. The van der Waals surface area contributed by atoms with Gasteiger partial charge in [0.25, 0.3) is 5.91 Å². The average molecular weight is 372 g/mol. The lowest BCUT2D eigenvalue weighted by Crippen LogP contribution is -2.11. The van der Waals surface area contributed by atoms with Crippen molar-refractivity contribution in [1.29, 1.82) is 0 Å². The van der Waals surface area contributed by atoms with E-state index in [-0.39, 0.29) is 5.91 Å². The summed E-state index contributed by atoms with van der Waals surface area (Å²) in [6, 6.07) is 21.8. The Labute approximate surface area is 156 Å². The molecule has 5 heteroatoms. The van der Waals surface area contributed by atoms with Gasteiger partial charge in [-0.1, -0.05) is 53.5 Å². The first-order valence-corrected chi connectivity index (χ1v) is 8.40. The van der Waals surface area contributed by atoms with Crippen LogP contribution in [0.1, 0.15) is 15.9 Å². The second-order valence-corrected chi connectivity index (χ2v) is 6.28. The molecule has 0 bridgehead atoms. The van der Waals surface area contributed by atoms with Crippen molar-refractivity contribution >= 4 is 34.8 Å². The van der Waals surface area contributed by atoms with E-state index in [2.05, 4.69) is 5.32 Å². The molecule has 0 aliphatic heterocycles. The van der Waals surface area contributed by atoms with Gasteiger partial charge in [-0.25, -0.2) is 0 Å². The number of halogens is 2. The summed E-state index contributed by atoms with van der Waals surface area (Å²) < 4.78 is 5.72. The third-order valence-corrected chi connectivity index (χ3v) is 3.92. The number of carbonyl (C=O) groups excluding carboxylic acids is 1. The van der Waals surface area contributed by atoms with Gasteiger partial charge in [0, 0.05) is 21.3 Å². The number of benzene rings is 3. The number of amides is 1. The summed E-state index contributed by atoms with van der Waals surface area (Å²) >= 11 is 11.8. The van der Waals surface area contributed by atoms with Crippen LogP contribution >= 0.6 is 23.2 Å². The van der Waals surface area contributed by atoms with Crippen LogP contribution in [0.15, 0.2) is 72.8 Å². The predicted molar refractivity (Wildman–Crippen MR) is 102 cm³/mol. The Morgan fingerprint density at radius 2 is 1.52 bits per heavy atom. The van der Waals surface area contributed by atoms with Crippen molar-refractivity contribution in [1.82, 2.24) is 0 Å². The van der Waals surface area contributed by atoms with Crippen LogP contribution in [0.5, 0.6) is 5.75 Å². The van der Waals surface area contributed by atoms with Crippen molar-refractivity contribution in [3.8, 4) is 5.75 Å². The normalized spacial score (nSPS) is 10.3. The van der Waals surface area contributed by atoms with E-state index in [1.54, 1.807) is 30.3 Å². The van der Waals surface area contributed by atoms with Crippen LogP contribution in [-0.4, -0.2) is 5.91 Å². The van der Waals surface area contributed by atoms with Gasteiger partial charge in [-0.3, -0.25) is 4.79 Å². The van der Waals surface area contributed by atoms with Crippen molar-refractivity contribution in [2.24, 2.45) is 0 Å². The number of nitrogens with one attached hydrogen (secondary N) is 1. The highest BCUT2D eigenvalue weighted by molar-refractivity contribution is 6.35. The first-order valence-electron chi connectivity index (χ1n) is 7.64. The molecule has 3 rings (SSSR count). The Morgan fingerprint density at radius 3 is 2.16 bits per heavy atom. The zero-order chi connectivity index (χ0) is 17.6. The summed E-state index contributed by atoms with van der Waals surface area (Å²) in [4.78, 5) is 12.3. The molecule has 1 amide bonds. The minimum absolute atomic E-state index is 0.276. The number of hydrogen-bond donors (Lipinski definition) is 1. The Kier molecular flexibility index (Phi) is 5.59. The fourth-order valence-electron chi connectivity index (χ4n) is 2.26. The molecular formula is C20H15Cl2NO2. The molecule has 0 fully saturated rings. The smallest absolute Gasteiger partial charge is 0.255 e.